The molecule has 9 heteroatoms. The van der Waals surface area contributed by atoms with Gasteiger partial charge in [-0.1, -0.05) is 17.7 Å². The van der Waals surface area contributed by atoms with Crippen molar-refractivity contribution in [3.05, 3.63) is 50.8 Å². The van der Waals surface area contributed by atoms with Crippen LogP contribution in [0.25, 0.3) is 10.2 Å². The van der Waals surface area contributed by atoms with Crippen LogP contribution in [-0.2, 0) is 4.79 Å². The van der Waals surface area contributed by atoms with Gasteiger partial charge in [-0.05, 0) is 24.6 Å². The highest BCUT2D eigenvalue weighted by atomic mass is 35.5. The molecule has 0 unspecified atom stereocenters. The molecular weight excluding hydrogens is 394 g/mol. The number of anilines is 1. The van der Waals surface area contributed by atoms with Crippen molar-refractivity contribution in [2.75, 3.05) is 11.1 Å². The standard InChI is InChI=1S/C17H12ClN3O3S2/c1-8-2-3-9(4-11(8)18)20-14(24)7-25-17-10(6-19)15-16(26-17)12(22)5-13(23)21-15/h2-5H,7H2,1H3,(H,20,24)(H2,21,22,23). The Kier molecular flexibility index (Phi) is 5.23. The number of rotatable bonds is 4. The monoisotopic (exact) mass is 405 g/mol. The molecule has 26 heavy (non-hydrogen) atoms. The summed E-state index contributed by atoms with van der Waals surface area (Å²) in [7, 11) is 0. The van der Waals surface area contributed by atoms with E-state index in [0.717, 1.165) is 34.7 Å². The molecule has 132 valence electrons. The van der Waals surface area contributed by atoms with Crippen molar-refractivity contribution in [3.63, 3.8) is 0 Å². The molecule has 0 atom stereocenters. The molecule has 0 saturated heterocycles. The SMILES string of the molecule is Cc1ccc(NC(=O)CSc2sc3c(O)cc(=O)[nH]c3c2C#N)cc1Cl. The molecular formula is C17H12ClN3O3S2. The maximum atomic E-state index is 12.2. The van der Waals surface area contributed by atoms with Gasteiger partial charge in [0.2, 0.25) is 5.91 Å². The molecule has 0 radical (unpaired) electrons. The van der Waals surface area contributed by atoms with Gasteiger partial charge in [-0.2, -0.15) is 5.26 Å². The molecule has 2 heterocycles. The van der Waals surface area contributed by atoms with E-state index < -0.39 is 5.56 Å². The number of benzene rings is 1. The first-order valence-corrected chi connectivity index (χ1v) is 9.54. The van der Waals surface area contributed by atoms with Crippen LogP contribution in [0.5, 0.6) is 5.75 Å². The van der Waals surface area contributed by atoms with Crippen molar-refractivity contribution in [3.8, 4) is 11.8 Å². The van der Waals surface area contributed by atoms with Crippen LogP contribution in [0.15, 0.2) is 33.3 Å². The van der Waals surface area contributed by atoms with Crippen LogP contribution in [0.4, 0.5) is 5.69 Å². The van der Waals surface area contributed by atoms with Crippen molar-refractivity contribution in [1.29, 1.82) is 5.26 Å². The Balaban J connectivity index is 1.78. The highest BCUT2D eigenvalue weighted by Gasteiger charge is 2.17. The van der Waals surface area contributed by atoms with Gasteiger partial charge in [0.15, 0.2) is 0 Å². The molecule has 1 amide bonds. The average Bonchev–Trinajstić information content (AvgIpc) is 2.94. The van der Waals surface area contributed by atoms with E-state index in [0.29, 0.717) is 19.6 Å². The number of amides is 1. The summed E-state index contributed by atoms with van der Waals surface area (Å²) < 4.78 is 0.964. The Labute approximate surface area is 161 Å². The number of aromatic hydroxyl groups is 1. The van der Waals surface area contributed by atoms with E-state index in [1.807, 2.05) is 19.1 Å². The number of nitrogens with one attached hydrogen (secondary N) is 2. The number of nitriles is 1. The third-order valence-electron chi connectivity index (χ3n) is 3.53. The Morgan fingerprint density at radius 3 is 2.92 bits per heavy atom. The van der Waals surface area contributed by atoms with Gasteiger partial charge in [0.25, 0.3) is 5.56 Å². The number of hydrogen-bond acceptors (Lipinski definition) is 6. The summed E-state index contributed by atoms with van der Waals surface area (Å²) in [6.45, 7) is 1.87. The van der Waals surface area contributed by atoms with E-state index >= 15 is 0 Å². The van der Waals surface area contributed by atoms with E-state index in [-0.39, 0.29) is 28.5 Å². The Hall–Kier alpha value is -2.47. The van der Waals surface area contributed by atoms with Gasteiger partial charge in [-0.3, -0.25) is 9.59 Å². The molecule has 1 aromatic carbocycles. The fourth-order valence-electron chi connectivity index (χ4n) is 2.26. The smallest absolute Gasteiger partial charge is 0.252 e. The summed E-state index contributed by atoms with van der Waals surface area (Å²) >= 11 is 8.36. The van der Waals surface area contributed by atoms with E-state index in [9.17, 15) is 20.0 Å². The quantitative estimate of drug-likeness (QED) is 0.571. The van der Waals surface area contributed by atoms with E-state index in [2.05, 4.69) is 10.3 Å². The van der Waals surface area contributed by atoms with Crippen LogP contribution in [0.3, 0.4) is 0 Å². The lowest BCUT2D eigenvalue weighted by Gasteiger charge is -2.06. The number of pyridine rings is 1. The zero-order valence-corrected chi connectivity index (χ0v) is 15.8. The number of hydrogen-bond donors (Lipinski definition) is 3. The minimum Gasteiger partial charge on any atom is -0.506 e. The first-order chi connectivity index (χ1) is 12.4. The molecule has 3 N–H and O–H groups in total. The van der Waals surface area contributed by atoms with Gasteiger partial charge in [-0.25, -0.2) is 0 Å². The number of thioether (sulfide) groups is 1. The van der Waals surface area contributed by atoms with Crippen molar-refractivity contribution in [1.82, 2.24) is 4.98 Å². The van der Waals surface area contributed by atoms with E-state index in [1.54, 1.807) is 12.1 Å². The number of nitrogens with zero attached hydrogens (tertiary/aromatic N) is 1. The van der Waals surface area contributed by atoms with Gasteiger partial charge in [0.05, 0.1) is 20.2 Å². The summed E-state index contributed by atoms with van der Waals surface area (Å²) in [5.74, 6) is -0.373. The largest absolute Gasteiger partial charge is 0.506 e. The minimum atomic E-state index is -0.491. The summed E-state index contributed by atoms with van der Waals surface area (Å²) in [4.78, 5) is 26.2. The van der Waals surface area contributed by atoms with Crippen LogP contribution < -0.4 is 10.9 Å². The van der Waals surface area contributed by atoms with Crippen LogP contribution in [0.2, 0.25) is 5.02 Å². The van der Waals surface area contributed by atoms with Crippen LogP contribution in [0.1, 0.15) is 11.1 Å². The van der Waals surface area contributed by atoms with Crippen molar-refractivity contribution in [2.45, 2.75) is 11.1 Å². The molecule has 3 aromatic rings. The summed E-state index contributed by atoms with van der Waals surface area (Å²) in [6, 6.07) is 8.31. The van der Waals surface area contributed by atoms with Crippen molar-refractivity contribution >= 4 is 56.5 Å². The number of fused-ring (bicyclic) bond motifs is 1. The van der Waals surface area contributed by atoms with Crippen molar-refractivity contribution in [2.24, 2.45) is 0 Å². The number of carbonyl (C=O) groups is 1. The molecule has 0 aliphatic rings. The number of H-pyrrole nitrogens is 1. The van der Waals surface area contributed by atoms with Crippen molar-refractivity contribution < 1.29 is 9.90 Å². The summed E-state index contributed by atoms with van der Waals surface area (Å²) in [6.07, 6.45) is 0. The summed E-state index contributed by atoms with van der Waals surface area (Å²) in [5, 5.41) is 22.6. The highest BCUT2D eigenvalue weighted by Crippen LogP contribution is 2.39. The zero-order valence-electron chi connectivity index (χ0n) is 13.4. The molecule has 3 rings (SSSR count). The Morgan fingerprint density at radius 2 is 2.23 bits per heavy atom. The number of aryl methyl sites for hydroxylation is 1. The predicted octanol–water partition coefficient (Wildman–Crippen LogP) is 3.86. The molecule has 0 aliphatic heterocycles. The first kappa shape index (κ1) is 18.3. The van der Waals surface area contributed by atoms with Gasteiger partial charge < -0.3 is 15.4 Å². The third kappa shape index (κ3) is 3.70. The average molecular weight is 406 g/mol. The van der Waals surface area contributed by atoms with E-state index in [1.165, 1.54) is 0 Å². The second-order valence-electron chi connectivity index (χ2n) is 5.40. The lowest BCUT2D eigenvalue weighted by Crippen LogP contribution is -2.13. The van der Waals surface area contributed by atoms with Gasteiger partial charge in [0, 0.05) is 16.8 Å². The highest BCUT2D eigenvalue weighted by molar-refractivity contribution is 8.02. The van der Waals surface area contributed by atoms with Crippen LogP contribution >= 0.6 is 34.7 Å². The maximum absolute atomic E-state index is 12.2. The zero-order chi connectivity index (χ0) is 18.8. The number of aromatic amines is 1. The second-order valence-corrected chi connectivity index (χ2v) is 8.07. The fourth-order valence-corrected chi connectivity index (χ4v) is 4.58. The maximum Gasteiger partial charge on any atom is 0.252 e. The lowest BCUT2D eigenvalue weighted by atomic mass is 10.2. The fraction of sp³-hybridized carbons (Fsp3) is 0.118. The number of thiophene rings is 1. The van der Waals surface area contributed by atoms with Gasteiger partial charge in [-0.15, -0.1) is 23.1 Å². The van der Waals surface area contributed by atoms with Gasteiger partial charge in [0.1, 0.15) is 17.4 Å². The molecule has 0 bridgehead atoms. The normalized spacial score (nSPS) is 10.7. The number of halogens is 1. The van der Waals surface area contributed by atoms with Crippen LogP contribution in [0, 0.1) is 18.3 Å². The molecule has 0 spiro atoms. The first-order valence-electron chi connectivity index (χ1n) is 7.36. The number of carbonyl (C=O) groups excluding carboxylic acids is 1. The number of aromatic nitrogens is 1. The molecule has 0 saturated carbocycles. The molecule has 0 fully saturated rings. The molecule has 0 aliphatic carbocycles. The predicted molar refractivity (Wildman–Crippen MR) is 104 cm³/mol. The Morgan fingerprint density at radius 1 is 1.46 bits per heavy atom. The third-order valence-corrected chi connectivity index (χ3v) is 6.42. The topological polar surface area (TPSA) is 106 Å². The van der Waals surface area contributed by atoms with E-state index in [4.69, 9.17) is 11.6 Å². The molecule has 2 aromatic heterocycles. The second kappa shape index (κ2) is 7.41. The van der Waals surface area contributed by atoms with Gasteiger partial charge >= 0.3 is 0 Å². The lowest BCUT2D eigenvalue weighted by molar-refractivity contribution is -0.113. The Bertz CT molecular complexity index is 1110. The van der Waals surface area contributed by atoms with Crippen LogP contribution in [-0.4, -0.2) is 21.8 Å². The molecule has 6 nitrogen and oxygen atoms in total. The summed E-state index contributed by atoms with van der Waals surface area (Å²) in [5.41, 5.74) is 1.54. The minimum absolute atomic E-state index is 0.0675.